The van der Waals surface area contributed by atoms with E-state index in [4.69, 9.17) is 27.6 Å². The number of aromatic nitrogens is 2. The van der Waals surface area contributed by atoms with E-state index in [9.17, 15) is 5.26 Å². The number of allylic oxidation sites excluding steroid dienone is 1. The second kappa shape index (κ2) is 6.72. The Morgan fingerprint density at radius 2 is 1.96 bits per heavy atom. The van der Waals surface area contributed by atoms with Crippen molar-refractivity contribution in [2.24, 2.45) is 0 Å². The quantitative estimate of drug-likeness (QED) is 0.431. The van der Waals surface area contributed by atoms with E-state index in [-0.39, 0.29) is 0 Å². The Bertz CT molecular complexity index is 1150. The normalized spacial score (nSPS) is 11.7. The molecule has 0 aliphatic rings. The van der Waals surface area contributed by atoms with Gasteiger partial charge in [0, 0.05) is 16.7 Å². The van der Waals surface area contributed by atoms with Gasteiger partial charge in [-0.05, 0) is 42.5 Å². The minimum Gasteiger partial charge on any atom is -0.457 e. The molecule has 0 atom stereocenters. The Morgan fingerprint density at radius 3 is 2.73 bits per heavy atom. The van der Waals surface area contributed by atoms with Crippen LogP contribution in [0.3, 0.4) is 0 Å². The number of nitrogens with one attached hydrogen (secondary N) is 1. The smallest absolute Gasteiger partial charge is 0.149 e. The highest BCUT2D eigenvalue weighted by atomic mass is 35.5. The SMILES string of the molecule is N#C/C(=C\c1ccc(-c2ccc(Cl)cc2Cl)o1)c1nc2ccccc2[nH]1. The first-order valence-corrected chi connectivity index (χ1v) is 8.52. The van der Waals surface area contributed by atoms with Crippen LogP contribution in [0.1, 0.15) is 11.6 Å². The van der Waals surface area contributed by atoms with E-state index in [1.54, 1.807) is 36.4 Å². The Morgan fingerprint density at radius 1 is 1.12 bits per heavy atom. The zero-order valence-corrected chi connectivity index (χ0v) is 14.8. The van der Waals surface area contributed by atoms with Crippen LogP contribution in [0, 0.1) is 11.3 Å². The van der Waals surface area contributed by atoms with Crippen molar-refractivity contribution in [2.75, 3.05) is 0 Å². The number of furan rings is 1. The van der Waals surface area contributed by atoms with Crippen LogP contribution in [0.4, 0.5) is 0 Å². The van der Waals surface area contributed by atoms with Gasteiger partial charge in [-0.3, -0.25) is 0 Å². The molecule has 0 saturated heterocycles. The van der Waals surface area contributed by atoms with Gasteiger partial charge < -0.3 is 9.40 Å². The van der Waals surface area contributed by atoms with Gasteiger partial charge in [-0.1, -0.05) is 35.3 Å². The van der Waals surface area contributed by atoms with Gasteiger partial charge in [0.15, 0.2) is 0 Å². The molecule has 4 rings (SSSR count). The van der Waals surface area contributed by atoms with Gasteiger partial charge in [0.2, 0.25) is 0 Å². The zero-order valence-electron chi connectivity index (χ0n) is 13.3. The molecule has 0 radical (unpaired) electrons. The fourth-order valence-corrected chi connectivity index (χ4v) is 3.14. The number of hydrogen-bond acceptors (Lipinski definition) is 3. The molecule has 126 valence electrons. The number of hydrogen-bond donors (Lipinski definition) is 1. The molecular weight excluding hydrogens is 369 g/mol. The van der Waals surface area contributed by atoms with Crippen LogP contribution in [0.2, 0.25) is 10.0 Å². The summed E-state index contributed by atoms with van der Waals surface area (Å²) in [4.78, 5) is 7.59. The molecule has 0 amide bonds. The molecular formula is C20H11Cl2N3O. The number of nitriles is 1. The van der Waals surface area contributed by atoms with Crippen LogP contribution in [0.15, 0.2) is 59.0 Å². The second-order valence-corrected chi connectivity index (χ2v) is 6.44. The summed E-state index contributed by atoms with van der Waals surface area (Å²) < 4.78 is 5.82. The summed E-state index contributed by atoms with van der Waals surface area (Å²) in [6, 6.07) is 18.5. The third-order valence-corrected chi connectivity index (χ3v) is 4.42. The Kier molecular flexibility index (Phi) is 4.26. The number of aromatic amines is 1. The van der Waals surface area contributed by atoms with E-state index in [0.29, 0.717) is 33.0 Å². The van der Waals surface area contributed by atoms with Crippen molar-refractivity contribution < 1.29 is 4.42 Å². The first kappa shape index (κ1) is 16.5. The minimum absolute atomic E-state index is 0.379. The van der Waals surface area contributed by atoms with E-state index >= 15 is 0 Å². The van der Waals surface area contributed by atoms with E-state index < -0.39 is 0 Å². The van der Waals surface area contributed by atoms with Crippen LogP contribution in [0.5, 0.6) is 0 Å². The Balaban J connectivity index is 1.71. The predicted molar refractivity (Wildman–Crippen MR) is 104 cm³/mol. The molecule has 26 heavy (non-hydrogen) atoms. The number of para-hydroxylation sites is 2. The fourth-order valence-electron chi connectivity index (χ4n) is 2.64. The standard InChI is InChI=1S/C20H11Cl2N3O/c21-13-5-7-15(16(22)10-13)19-8-6-14(26-19)9-12(11-23)20-24-17-3-1-2-4-18(17)25-20/h1-10H,(H,24,25)/b12-9+. The molecule has 0 aliphatic carbocycles. The van der Waals surface area contributed by atoms with Crippen molar-refractivity contribution in [2.45, 2.75) is 0 Å². The first-order valence-electron chi connectivity index (χ1n) is 7.76. The number of benzene rings is 2. The minimum atomic E-state index is 0.379. The van der Waals surface area contributed by atoms with Crippen LogP contribution in [-0.4, -0.2) is 9.97 Å². The molecule has 0 unspecified atom stereocenters. The number of rotatable bonds is 3. The maximum atomic E-state index is 9.51. The fraction of sp³-hybridized carbons (Fsp3) is 0. The maximum Gasteiger partial charge on any atom is 0.149 e. The lowest BCUT2D eigenvalue weighted by Gasteiger charge is -2.00. The molecule has 2 heterocycles. The van der Waals surface area contributed by atoms with E-state index in [1.807, 2.05) is 24.3 Å². The largest absolute Gasteiger partial charge is 0.457 e. The Hall–Kier alpha value is -3.00. The summed E-state index contributed by atoms with van der Waals surface area (Å²) in [5.41, 5.74) is 2.79. The molecule has 0 saturated carbocycles. The highest BCUT2D eigenvalue weighted by molar-refractivity contribution is 6.36. The molecule has 0 fully saturated rings. The second-order valence-electron chi connectivity index (χ2n) is 5.60. The van der Waals surface area contributed by atoms with Crippen molar-refractivity contribution in [3.63, 3.8) is 0 Å². The maximum absolute atomic E-state index is 9.51. The van der Waals surface area contributed by atoms with Crippen molar-refractivity contribution in [3.05, 3.63) is 76.2 Å². The zero-order chi connectivity index (χ0) is 18.1. The third-order valence-electron chi connectivity index (χ3n) is 3.87. The number of halogens is 2. The predicted octanol–water partition coefficient (Wildman–Crippen LogP) is 6.19. The monoisotopic (exact) mass is 379 g/mol. The Labute approximate surface area is 159 Å². The van der Waals surface area contributed by atoms with Gasteiger partial charge in [-0.2, -0.15) is 5.26 Å². The van der Waals surface area contributed by atoms with Gasteiger partial charge in [0.05, 0.1) is 21.6 Å². The van der Waals surface area contributed by atoms with Crippen molar-refractivity contribution >= 4 is 45.9 Å². The highest BCUT2D eigenvalue weighted by Crippen LogP contribution is 2.32. The van der Waals surface area contributed by atoms with Crippen LogP contribution >= 0.6 is 23.2 Å². The summed E-state index contributed by atoms with van der Waals surface area (Å²) >= 11 is 12.1. The van der Waals surface area contributed by atoms with Crippen LogP contribution < -0.4 is 0 Å². The first-order chi connectivity index (χ1) is 12.6. The average molecular weight is 380 g/mol. The van der Waals surface area contributed by atoms with E-state index in [2.05, 4.69) is 16.0 Å². The number of nitrogens with zero attached hydrogens (tertiary/aromatic N) is 2. The highest BCUT2D eigenvalue weighted by Gasteiger charge is 2.11. The molecule has 1 N–H and O–H groups in total. The van der Waals surface area contributed by atoms with Gasteiger partial charge in [0.1, 0.15) is 23.4 Å². The van der Waals surface area contributed by atoms with Crippen molar-refractivity contribution in [1.82, 2.24) is 9.97 Å². The van der Waals surface area contributed by atoms with Gasteiger partial charge in [-0.25, -0.2) is 4.98 Å². The molecule has 0 bridgehead atoms. The molecule has 0 spiro atoms. The average Bonchev–Trinajstić information content (AvgIpc) is 3.26. The van der Waals surface area contributed by atoms with Crippen molar-refractivity contribution in [1.29, 1.82) is 5.26 Å². The molecule has 2 aromatic heterocycles. The van der Waals surface area contributed by atoms with Gasteiger partial charge in [0.25, 0.3) is 0 Å². The number of imidazole rings is 1. The summed E-state index contributed by atoms with van der Waals surface area (Å²) in [6.45, 7) is 0. The molecule has 4 aromatic rings. The summed E-state index contributed by atoms with van der Waals surface area (Å²) in [5.74, 6) is 1.62. The lowest BCUT2D eigenvalue weighted by atomic mass is 10.2. The van der Waals surface area contributed by atoms with E-state index in [1.165, 1.54) is 0 Å². The number of H-pyrrole nitrogens is 1. The third kappa shape index (κ3) is 3.11. The lowest BCUT2D eigenvalue weighted by Crippen LogP contribution is -1.84. The topological polar surface area (TPSA) is 65.6 Å². The summed E-state index contributed by atoms with van der Waals surface area (Å²) in [5, 5.41) is 10.6. The molecule has 0 aliphatic heterocycles. The number of fused-ring (bicyclic) bond motifs is 1. The van der Waals surface area contributed by atoms with Gasteiger partial charge >= 0.3 is 0 Å². The molecule has 2 aromatic carbocycles. The van der Waals surface area contributed by atoms with Gasteiger partial charge in [-0.15, -0.1) is 0 Å². The van der Waals surface area contributed by atoms with Crippen molar-refractivity contribution in [3.8, 4) is 17.4 Å². The summed E-state index contributed by atoms with van der Waals surface area (Å²) in [6.07, 6.45) is 1.64. The van der Waals surface area contributed by atoms with Crippen LogP contribution in [0.25, 0.3) is 34.0 Å². The summed E-state index contributed by atoms with van der Waals surface area (Å²) in [7, 11) is 0. The lowest BCUT2D eigenvalue weighted by molar-refractivity contribution is 0.572. The molecule has 4 nitrogen and oxygen atoms in total. The molecule has 6 heteroatoms. The van der Waals surface area contributed by atoms with E-state index in [0.717, 1.165) is 16.6 Å². The van der Waals surface area contributed by atoms with Crippen LogP contribution in [-0.2, 0) is 0 Å².